The molecule has 1 aliphatic rings. The summed E-state index contributed by atoms with van der Waals surface area (Å²) in [6.45, 7) is 2.24. The lowest BCUT2D eigenvalue weighted by Crippen LogP contribution is -2.33. The summed E-state index contributed by atoms with van der Waals surface area (Å²) in [5.41, 5.74) is 5.69. The Labute approximate surface area is 112 Å². The Balaban J connectivity index is 1.97. The fraction of sp³-hybridized carbons (Fsp3) is 0.538. The van der Waals surface area contributed by atoms with Crippen LogP contribution in [0.2, 0.25) is 0 Å². The Kier molecular flexibility index (Phi) is 4.57. The number of amides is 2. The van der Waals surface area contributed by atoms with Gasteiger partial charge in [-0.25, -0.2) is 0 Å². The lowest BCUT2D eigenvalue weighted by Gasteiger charge is -2.25. The first-order valence-corrected chi connectivity index (χ1v) is 6.62. The van der Waals surface area contributed by atoms with E-state index in [4.69, 9.17) is 5.73 Å². The zero-order valence-electron chi connectivity index (χ0n) is 10.9. The van der Waals surface area contributed by atoms with Crippen LogP contribution in [-0.2, 0) is 4.79 Å². The maximum atomic E-state index is 12.1. The van der Waals surface area contributed by atoms with Crippen LogP contribution < -0.4 is 16.4 Å². The molecule has 2 heterocycles. The third kappa shape index (κ3) is 3.57. The zero-order valence-corrected chi connectivity index (χ0v) is 10.9. The van der Waals surface area contributed by atoms with E-state index in [1.54, 1.807) is 0 Å². The topological polar surface area (TPSA) is 89.2 Å². The van der Waals surface area contributed by atoms with Crippen molar-refractivity contribution >= 4 is 11.8 Å². The van der Waals surface area contributed by atoms with Crippen LogP contribution in [0.15, 0.2) is 18.3 Å². The van der Waals surface area contributed by atoms with Crippen LogP contribution in [0.3, 0.4) is 0 Å². The van der Waals surface area contributed by atoms with Gasteiger partial charge in [-0.2, -0.15) is 0 Å². The van der Waals surface area contributed by atoms with Gasteiger partial charge in [0.25, 0.3) is 5.91 Å². The van der Waals surface area contributed by atoms with Crippen molar-refractivity contribution in [2.45, 2.75) is 25.3 Å². The van der Waals surface area contributed by atoms with Crippen molar-refractivity contribution in [3.8, 4) is 0 Å². The number of aromatic nitrogens is 1. The molecule has 0 spiro atoms. The SMILES string of the molecule is NC(=O)CCNC(=O)c1cccn1C1CCNCC1. The highest BCUT2D eigenvalue weighted by atomic mass is 16.2. The van der Waals surface area contributed by atoms with Gasteiger partial charge in [0.2, 0.25) is 5.91 Å². The molecule has 104 valence electrons. The van der Waals surface area contributed by atoms with Crippen LogP contribution in [0.1, 0.15) is 35.8 Å². The Hall–Kier alpha value is -1.82. The molecule has 1 aromatic rings. The quantitative estimate of drug-likeness (QED) is 0.700. The zero-order chi connectivity index (χ0) is 13.7. The van der Waals surface area contributed by atoms with Crippen LogP contribution in [0.5, 0.6) is 0 Å². The van der Waals surface area contributed by atoms with Gasteiger partial charge in [-0.15, -0.1) is 0 Å². The van der Waals surface area contributed by atoms with Crippen molar-refractivity contribution in [2.24, 2.45) is 5.73 Å². The van der Waals surface area contributed by atoms with Crippen molar-refractivity contribution in [3.05, 3.63) is 24.0 Å². The second kappa shape index (κ2) is 6.38. The van der Waals surface area contributed by atoms with Gasteiger partial charge in [0.05, 0.1) is 0 Å². The number of rotatable bonds is 5. The molecule has 0 aromatic carbocycles. The fourth-order valence-electron chi connectivity index (χ4n) is 2.38. The summed E-state index contributed by atoms with van der Waals surface area (Å²) < 4.78 is 2.03. The first-order valence-electron chi connectivity index (χ1n) is 6.62. The van der Waals surface area contributed by atoms with Crippen molar-refractivity contribution < 1.29 is 9.59 Å². The van der Waals surface area contributed by atoms with Gasteiger partial charge in [-0.3, -0.25) is 9.59 Å². The van der Waals surface area contributed by atoms with E-state index in [9.17, 15) is 9.59 Å². The van der Waals surface area contributed by atoms with Crippen molar-refractivity contribution in [2.75, 3.05) is 19.6 Å². The molecular formula is C13H20N4O2. The van der Waals surface area contributed by atoms with Gasteiger partial charge in [0.1, 0.15) is 5.69 Å². The molecule has 2 amide bonds. The van der Waals surface area contributed by atoms with E-state index in [-0.39, 0.29) is 18.9 Å². The predicted octanol–water partition coefficient (Wildman–Crippen LogP) is 0.0178. The van der Waals surface area contributed by atoms with E-state index < -0.39 is 5.91 Å². The molecule has 1 aromatic heterocycles. The average Bonchev–Trinajstić information content (AvgIpc) is 2.88. The van der Waals surface area contributed by atoms with Gasteiger partial charge in [0.15, 0.2) is 0 Å². The molecule has 4 N–H and O–H groups in total. The van der Waals surface area contributed by atoms with Gasteiger partial charge in [0, 0.05) is 25.2 Å². The molecule has 6 heteroatoms. The predicted molar refractivity (Wildman–Crippen MR) is 71.7 cm³/mol. The average molecular weight is 264 g/mol. The summed E-state index contributed by atoms with van der Waals surface area (Å²) in [4.78, 5) is 22.7. The van der Waals surface area contributed by atoms with E-state index in [2.05, 4.69) is 10.6 Å². The molecule has 1 saturated heterocycles. The number of hydrogen-bond acceptors (Lipinski definition) is 3. The molecule has 19 heavy (non-hydrogen) atoms. The first kappa shape index (κ1) is 13.6. The number of hydrogen-bond donors (Lipinski definition) is 3. The molecule has 0 radical (unpaired) electrons. The maximum Gasteiger partial charge on any atom is 0.267 e. The lowest BCUT2D eigenvalue weighted by atomic mass is 10.1. The van der Waals surface area contributed by atoms with E-state index in [0.29, 0.717) is 11.7 Å². The number of nitrogens with zero attached hydrogens (tertiary/aromatic N) is 1. The normalized spacial score (nSPS) is 16.2. The first-order chi connectivity index (χ1) is 9.18. The highest BCUT2D eigenvalue weighted by molar-refractivity contribution is 5.93. The Morgan fingerprint density at radius 2 is 2.16 bits per heavy atom. The summed E-state index contributed by atoms with van der Waals surface area (Å²) >= 11 is 0. The highest BCUT2D eigenvalue weighted by Gasteiger charge is 2.19. The van der Waals surface area contributed by atoms with Crippen LogP contribution in [0.4, 0.5) is 0 Å². The maximum absolute atomic E-state index is 12.1. The number of piperidine rings is 1. The minimum Gasteiger partial charge on any atom is -0.370 e. The Morgan fingerprint density at radius 3 is 2.84 bits per heavy atom. The Bertz CT molecular complexity index is 449. The van der Waals surface area contributed by atoms with Gasteiger partial charge in [-0.1, -0.05) is 0 Å². The van der Waals surface area contributed by atoms with Gasteiger partial charge in [-0.05, 0) is 38.1 Å². The van der Waals surface area contributed by atoms with Crippen LogP contribution in [-0.4, -0.2) is 36.0 Å². The summed E-state index contributed by atoms with van der Waals surface area (Å²) in [6.07, 6.45) is 4.16. The largest absolute Gasteiger partial charge is 0.370 e. The van der Waals surface area contributed by atoms with E-state index >= 15 is 0 Å². The standard InChI is InChI=1S/C13H20N4O2/c14-12(18)5-8-16-13(19)11-2-1-9-17(11)10-3-6-15-7-4-10/h1-2,9-10,15H,3-8H2,(H2,14,18)(H,16,19). The summed E-state index contributed by atoms with van der Waals surface area (Å²) in [7, 11) is 0. The molecule has 0 bridgehead atoms. The minimum atomic E-state index is -0.408. The van der Waals surface area contributed by atoms with Gasteiger partial charge < -0.3 is 20.9 Å². The monoisotopic (exact) mass is 264 g/mol. The molecular weight excluding hydrogens is 244 g/mol. The third-order valence-electron chi connectivity index (χ3n) is 3.37. The Morgan fingerprint density at radius 1 is 1.42 bits per heavy atom. The molecule has 0 aliphatic carbocycles. The number of primary amides is 1. The summed E-state index contributed by atoms with van der Waals surface area (Å²) in [5.74, 6) is -0.557. The van der Waals surface area contributed by atoms with Crippen LogP contribution in [0.25, 0.3) is 0 Å². The second-order valence-electron chi connectivity index (χ2n) is 4.75. The van der Waals surface area contributed by atoms with E-state index in [1.807, 2.05) is 22.9 Å². The highest BCUT2D eigenvalue weighted by Crippen LogP contribution is 2.21. The summed E-state index contributed by atoms with van der Waals surface area (Å²) in [6, 6.07) is 4.06. The molecule has 2 rings (SSSR count). The van der Waals surface area contributed by atoms with Crippen LogP contribution >= 0.6 is 0 Å². The molecule has 1 aliphatic heterocycles. The number of nitrogens with two attached hydrogens (primary N) is 1. The van der Waals surface area contributed by atoms with Crippen molar-refractivity contribution in [3.63, 3.8) is 0 Å². The minimum absolute atomic E-state index is 0.148. The summed E-state index contributed by atoms with van der Waals surface area (Å²) in [5, 5.41) is 6.03. The fourth-order valence-corrected chi connectivity index (χ4v) is 2.38. The molecule has 1 fully saturated rings. The van der Waals surface area contributed by atoms with Crippen molar-refractivity contribution in [1.82, 2.24) is 15.2 Å². The molecule has 6 nitrogen and oxygen atoms in total. The van der Waals surface area contributed by atoms with Crippen molar-refractivity contribution in [1.29, 1.82) is 0 Å². The molecule has 0 saturated carbocycles. The van der Waals surface area contributed by atoms with Gasteiger partial charge >= 0.3 is 0 Å². The number of carbonyl (C=O) groups is 2. The lowest BCUT2D eigenvalue weighted by molar-refractivity contribution is -0.117. The number of carbonyl (C=O) groups excluding carboxylic acids is 2. The smallest absolute Gasteiger partial charge is 0.267 e. The molecule has 0 atom stereocenters. The van der Waals surface area contributed by atoms with E-state index in [1.165, 1.54) is 0 Å². The second-order valence-corrected chi connectivity index (χ2v) is 4.75. The van der Waals surface area contributed by atoms with Crippen LogP contribution in [0, 0.1) is 0 Å². The third-order valence-corrected chi connectivity index (χ3v) is 3.37. The molecule has 0 unspecified atom stereocenters. The number of nitrogens with one attached hydrogen (secondary N) is 2. The van der Waals surface area contributed by atoms with E-state index in [0.717, 1.165) is 25.9 Å².